The molecule has 0 bridgehead atoms. The van der Waals surface area contributed by atoms with Crippen molar-refractivity contribution in [2.75, 3.05) is 5.73 Å². The van der Waals surface area contributed by atoms with Crippen LogP contribution < -0.4 is 5.73 Å². The first-order valence-corrected chi connectivity index (χ1v) is 4.60. The number of hydrogen-bond donors (Lipinski definition) is 1. The van der Waals surface area contributed by atoms with Gasteiger partial charge in [-0.3, -0.25) is 0 Å². The molecule has 0 unspecified atom stereocenters. The second-order valence-electron chi connectivity index (χ2n) is 2.83. The fraction of sp³-hybridized carbons (Fsp3) is 0.222. The van der Waals surface area contributed by atoms with Gasteiger partial charge in [0.1, 0.15) is 10.8 Å². The van der Waals surface area contributed by atoms with Crippen molar-refractivity contribution in [2.24, 2.45) is 0 Å². The Morgan fingerprint density at radius 1 is 1.50 bits per heavy atom. The van der Waals surface area contributed by atoms with Crippen molar-refractivity contribution in [1.82, 2.24) is 5.16 Å². The summed E-state index contributed by atoms with van der Waals surface area (Å²) in [7, 11) is 0. The summed E-state index contributed by atoms with van der Waals surface area (Å²) in [6.45, 7) is 2.00. The highest BCUT2D eigenvalue weighted by Crippen LogP contribution is 2.33. The zero-order valence-electron chi connectivity index (χ0n) is 7.58. The average molecular weight is 213 g/mol. The van der Waals surface area contributed by atoms with Gasteiger partial charge in [-0.2, -0.15) is 0 Å². The molecule has 2 aromatic rings. The molecule has 0 aliphatic rings. The first kappa shape index (κ1) is 9.15. The summed E-state index contributed by atoms with van der Waals surface area (Å²) in [6, 6.07) is 3.65. The SMILES string of the molecule is CCc1ccc(-c2onc(N)c2Cl)o1. The smallest absolute Gasteiger partial charge is 0.222 e. The minimum absolute atomic E-state index is 0.177. The average Bonchev–Trinajstić information content (AvgIpc) is 2.75. The fourth-order valence-electron chi connectivity index (χ4n) is 1.13. The predicted molar refractivity (Wildman–Crippen MR) is 53.0 cm³/mol. The van der Waals surface area contributed by atoms with Gasteiger partial charge in [0.05, 0.1) is 0 Å². The van der Waals surface area contributed by atoms with E-state index in [1.807, 2.05) is 13.0 Å². The van der Waals surface area contributed by atoms with E-state index in [4.69, 9.17) is 26.3 Å². The van der Waals surface area contributed by atoms with Gasteiger partial charge in [0.2, 0.25) is 5.76 Å². The number of furan rings is 1. The molecular weight excluding hydrogens is 204 g/mol. The van der Waals surface area contributed by atoms with Gasteiger partial charge in [0.15, 0.2) is 11.6 Å². The molecule has 0 radical (unpaired) electrons. The van der Waals surface area contributed by atoms with Gasteiger partial charge >= 0.3 is 0 Å². The number of nitrogen functional groups attached to an aromatic ring is 1. The van der Waals surface area contributed by atoms with E-state index >= 15 is 0 Å². The Kier molecular flexibility index (Phi) is 2.21. The van der Waals surface area contributed by atoms with Crippen molar-refractivity contribution in [3.63, 3.8) is 0 Å². The molecule has 0 aromatic carbocycles. The lowest BCUT2D eigenvalue weighted by Crippen LogP contribution is -1.82. The zero-order chi connectivity index (χ0) is 10.1. The van der Waals surface area contributed by atoms with Crippen molar-refractivity contribution in [2.45, 2.75) is 13.3 Å². The first-order valence-electron chi connectivity index (χ1n) is 4.22. The van der Waals surface area contributed by atoms with Crippen LogP contribution in [0.4, 0.5) is 5.82 Å². The second kappa shape index (κ2) is 3.38. The van der Waals surface area contributed by atoms with Gasteiger partial charge < -0.3 is 14.7 Å². The van der Waals surface area contributed by atoms with Crippen molar-refractivity contribution in [3.8, 4) is 11.5 Å². The van der Waals surface area contributed by atoms with Crippen LogP contribution in [0.3, 0.4) is 0 Å². The van der Waals surface area contributed by atoms with Crippen LogP contribution in [0.25, 0.3) is 11.5 Å². The van der Waals surface area contributed by atoms with Crippen molar-refractivity contribution < 1.29 is 8.94 Å². The van der Waals surface area contributed by atoms with Gasteiger partial charge in [-0.25, -0.2) is 0 Å². The van der Waals surface area contributed by atoms with Crippen LogP contribution in [0.5, 0.6) is 0 Å². The summed E-state index contributed by atoms with van der Waals surface area (Å²) in [5, 5.41) is 3.83. The van der Waals surface area contributed by atoms with E-state index in [0.717, 1.165) is 12.2 Å². The zero-order valence-corrected chi connectivity index (χ0v) is 8.34. The molecule has 2 aromatic heterocycles. The van der Waals surface area contributed by atoms with Crippen LogP contribution in [-0.4, -0.2) is 5.16 Å². The molecule has 4 nitrogen and oxygen atoms in total. The molecule has 2 heterocycles. The van der Waals surface area contributed by atoms with E-state index in [1.165, 1.54) is 0 Å². The number of hydrogen-bond acceptors (Lipinski definition) is 4. The molecule has 0 saturated carbocycles. The molecule has 5 heteroatoms. The minimum Gasteiger partial charge on any atom is -0.458 e. The van der Waals surface area contributed by atoms with E-state index in [2.05, 4.69) is 5.16 Å². The van der Waals surface area contributed by atoms with Gasteiger partial charge in [-0.1, -0.05) is 23.7 Å². The molecule has 0 spiro atoms. The summed E-state index contributed by atoms with van der Waals surface area (Å²) in [5.41, 5.74) is 5.44. The molecule has 74 valence electrons. The van der Waals surface area contributed by atoms with Crippen LogP contribution in [0, 0.1) is 0 Å². The molecule has 0 saturated heterocycles. The molecule has 0 aliphatic carbocycles. The normalized spacial score (nSPS) is 10.7. The number of nitrogens with zero attached hydrogens (tertiary/aromatic N) is 1. The number of rotatable bonds is 2. The Labute approximate surface area is 85.6 Å². The van der Waals surface area contributed by atoms with Crippen LogP contribution in [0.2, 0.25) is 5.02 Å². The minimum atomic E-state index is 0.177. The molecule has 0 fully saturated rings. The third kappa shape index (κ3) is 1.37. The van der Waals surface area contributed by atoms with E-state index in [0.29, 0.717) is 16.5 Å². The fourth-order valence-corrected chi connectivity index (χ4v) is 1.30. The summed E-state index contributed by atoms with van der Waals surface area (Å²) >= 11 is 5.85. The number of nitrogens with two attached hydrogens (primary N) is 1. The molecule has 2 rings (SSSR count). The highest BCUT2D eigenvalue weighted by Gasteiger charge is 2.16. The van der Waals surface area contributed by atoms with E-state index < -0.39 is 0 Å². The quantitative estimate of drug-likeness (QED) is 0.831. The Morgan fingerprint density at radius 2 is 2.29 bits per heavy atom. The second-order valence-corrected chi connectivity index (χ2v) is 3.21. The lowest BCUT2D eigenvalue weighted by Gasteiger charge is -1.90. The molecular formula is C9H9ClN2O2. The summed E-state index contributed by atoms with van der Waals surface area (Å²) in [5.74, 6) is 1.97. The van der Waals surface area contributed by atoms with Crippen molar-refractivity contribution >= 4 is 17.4 Å². The summed E-state index contributed by atoms with van der Waals surface area (Å²) < 4.78 is 10.4. The van der Waals surface area contributed by atoms with Gasteiger partial charge in [-0.15, -0.1) is 0 Å². The van der Waals surface area contributed by atoms with Gasteiger partial charge in [0.25, 0.3) is 0 Å². The monoisotopic (exact) mass is 212 g/mol. The lowest BCUT2D eigenvalue weighted by atomic mass is 10.3. The number of halogens is 1. The van der Waals surface area contributed by atoms with Crippen LogP contribution in [0.15, 0.2) is 21.1 Å². The molecule has 2 N–H and O–H groups in total. The molecule has 14 heavy (non-hydrogen) atoms. The van der Waals surface area contributed by atoms with Crippen LogP contribution >= 0.6 is 11.6 Å². The Morgan fingerprint density at radius 3 is 2.79 bits per heavy atom. The lowest BCUT2D eigenvalue weighted by molar-refractivity contribution is 0.416. The highest BCUT2D eigenvalue weighted by molar-refractivity contribution is 6.35. The first-order chi connectivity index (χ1) is 6.72. The van der Waals surface area contributed by atoms with Crippen molar-refractivity contribution in [3.05, 3.63) is 22.9 Å². The Balaban J connectivity index is 2.44. The summed E-state index contributed by atoms with van der Waals surface area (Å²) in [6.07, 6.45) is 0.821. The highest BCUT2D eigenvalue weighted by atomic mass is 35.5. The van der Waals surface area contributed by atoms with Gasteiger partial charge in [0, 0.05) is 6.42 Å². The Bertz CT molecular complexity index is 447. The third-order valence-electron chi connectivity index (χ3n) is 1.89. The topological polar surface area (TPSA) is 65.2 Å². The third-order valence-corrected chi connectivity index (χ3v) is 2.26. The predicted octanol–water partition coefficient (Wildman–Crippen LogP) is 2.73. The Hall–Kier alpha value is -1.42. The maximum absolute atomic E-state index is 5.85. The van der Waals surface area contributed by atoms with Crippen molar-refractivity contribution in [1.29, 1.82) is 0 Å². The van der Waals surface area contributed by atoms with Gasteiger partial charge in [-0.05, 0) is 12.1 Å². The maximum atomic E-state index is 5.85. The number of aromatic nitrogens is 1. The summed E-state index contributed by atoms with van der Waals surface area (Å²) in [4.78, 5) is 0. The van der Waals surface area contributed by atoms with Crippen LogP contribution in [0.1, 0.15) is 12.7 Å². The van der Waals surface area contributed by atoms with E-state index in [1.54, 1.807) is 6.07 Å². The largest absolute Gasteiger partial charge is 0.458 e. The maximum Gasteiger partial charge on any atom is 0.222 e. The van der Waals surface area contributed by atoms with E-state index in [9.17, 15) is 0 Å². The molecule has 0 atom stereocenters. The van der Waals surface area contributed by atoms with E-state index in [-0.39, 0.29) is 5.82 Å². The molecule has 0 aliphatic heterocycles. The number of anilines is 1. The standard InChI is InChI=1S/C9H9ClN2O2/c1-2-5-3-4-6(13-5)8-7(10)9(11)12-14-8/h3-4H,2H2,1H3,(H2,11,12). The molecule has 0 amide bonds. The van der Waals surface area contributed by atoms with Crippen LogP contribution in [-0.2, 0) is 6.42 Å². The number of aryl methyl sites for hydroxylation is 1.